The fourth-order valence-corrected chi connectivity index (χ4v) is 2.15. The number of aromatic nitrogens is 2. The van der Waals surface area contributed by atoms with Crippen LogP contribution < -0.4 is 5.73 Å². The summed E-state index contributed by atoms with van der Waals surface area (Å²) < 4.78 is 6.28. The maximum atomic E-state index is 10.9. The minimum Gasteiger partial charge on any atom is -0.469 e. The van der Waals surface area contributed by atoms with Crippen molar-refractivity contribution in [2.75, 3.05) is 18.6 Å². The Labute approximate surface area is 93.0 Å². The van der Waals surface area contributed by atoms with Crippen LogP contribution in [0, 0.1) is 6.92 Å². The first-order chi connectivity index (χ1) is 7.06. The van der Waals surface area contributed by atoms with Crippen molar-refractivity contribution in [2.45, 2.75) is 18.4 Å². The SMILES string of the molecule is COC(=O)CCSc1c(N)c(C)nn1C. The van der Waals surface area contributed by atoms with E-state index in [0.717, 1.165) is 10.7 Å². The topological polar surface area (TPSA) is 70.1 Å². The average molecular weight is 229 g/mol. The van der Waals surface area contributed by atoms with Gasteiger partial charge in [-0.1, -0.05) is 0 Å². The Balaban J connectivity index is 2.54. The van der Waals surface area contributed by atoms with Crippen LogP contribution in [0.1, 0.15) is 12.1 Å². The minimum atomic E-state index is -0.208. The molecular weight excluding hydrogens is 214 g/mol. The molecule has 0 unspecified atom stereocenters. The molecule has 0 saturated carbocycles. The van der Waals surface area contributed by atoms with Gasteiger partial charge in [0.1, 0.15) is 5.03 Å². The standard InChI is InChI=1S/C9H15N3O2S/c1-6-8(10)9(12(2)11-6)15-5-4-7(13)14-3/h4-5,10H2,1-3H3. The summed E-state index contributed by atoms with van der Waals surface area (Å²) in [4.78, 5) is 10.9. The lowest BCUT2D eigenvalue weighted by molar-refractivity contribution is -0.140. The molecule has 5 nitrogen and oxygen atoms in total. The Morgan fingerprint density at radius 3 is 2.80 bits per heavy atom. The predicted octanol–water partition coefficient (Wildman–Crippen LogP) is 0.966. The smallest absolute Gasteiger partial charge is 0.306 e. The van der Waals surface area contributed by atoms with Crippen LogP contribution in [0.5, 0.6) is 0 Å². The van der Waals surface area contributed by atoms with Gasteiger partial charge in [-0.25, -0.2) is 0 Å². The van der Waals surface area contributed by atoms with Gasteiger partial charge in [-0.2, -0.15) is 5.10 Å². The zero-order valence-corrected chi connectivity index (χ0v) is 9.93. The lowest BCUT2D eigenvalue weighted by atomic mass is 10.4. The van der Waals surface area contributed by atoms with Crippen LogP contribution in [0.25, 0.3) is 0 Å². The molecule has 0 saturated heterocycles. The van der Waals surface area contributed by atoms with Crippen LogP contribution in [-0.2, 0) is 16.6 Å². The molecule has 2 N–H and O–H groups in total. The molecule has 0 bridgehead atoms. The van der Waals surface area contributed by atoms with Crippen molar-refractivity contribution < 1.29 is 9.53 Å². The summed E-state index contributed by atoms with van der Waals surface area (Å²) in [6, 6.07) is 0. The number of thioether (sulfide) groups is 1. The first-order valence-electron chi connectivity index (χ1n) is 4.55. The van der Waals surface area contributed by atoms with E-state index in [2.05, 4.69) is 9.84 Å². The minimum absolute atomic E-state index is 0.208. The van der Waals surface area contributed by atoms with Gasteiger partial charge in [-0.15, -0.1) is 11.8 Å². The van der Waals surface area contributed by atoms with Crippen LogP contribution >= 0.6 is 11.8 Å². The molecule has 0 fully saturated rings. The molecule has 0 spiro atoms. The summed E-state index contributed by atoms with van der Waals surface area (Å²) in [6.45, 7) is 1.86. The van der Waals surface area contributed by atoms with Gasteiger partial charge in [-0.05, 0) is 6.92 Å². The van der Waals surface area contributed by atoms with Gasteiger partial charge in [-0.3, -0.25) is 9.48 Å². The van der Waals surface area contributed by atoms with Crippen LogP contribution in [0.4, 0.5) is 5.69 Å². The van der Waals surface area contributed by atoms with Crippen molar-refractivity contribution in [1.29, 1.82) is 0 Å². The molecule has 1 heterocycles. The summed E-state index contributed by atoms with van der Waals surface area (Å²) in [5.74, 6) is 0.440. The highest BCUT2D eigenvalue weighted by molar-refractivity contribution is 7.99. The lowest BCUT2D eigenvalue weighted by Crippen LogP contribution is -2.02. The Bertz CT molecular complexity index is 362. The van der Waals surface area contributed by atoms with Crippen molar-refractivity contribution in [2.24, 2.45) is 7.05 Å². The van der Waals surface area contributed by atoms with Gasteiger partial charge in [0.05, 0.1) is 24.9 Å². The largest absolute Gasteiger partial charge is 0.469 e. The number of nitrogen functional groups attached to an aromatic ring is 1. The van der Waals surface area contributed by atoms with E-state index in [0.29, 0.717) is 17.9 Å². The molecule has 6 heteroatoms. The van der Waals surface area contributed by atoms with Gasteiger partial charge >= 0.3 is 5.97 Å². The molecule has 0 radical (unpaired) electrons. The van der Waals surface area contributed by atoms with Gasteiger partial charge in [0.25, 0.3) is 0 Å². The summed E-state index contributed by atoms with van der Waals surface area (Å²) in [6.07, 6.45) is 0.380. The number of rotatable bonds is 4. The molecule has 1 aromatic heterocycles. The Morgan fingerprint density at radius 2 is 2.33 bits per heavy atom. The molecule has 0 aliphatic heterocycles. The maximum absolute atomic E-state index is 10.9. The first-order valence-corrected chi connectivity index (χ1v) is 5.53. The third-order valence-electron chi connectivity index (χ3n) is 1.99. The number of ether oxygens (including phenoxy) is 1. The number of anilines is 1. The maximum Gasteiger partial charge on any atom is 0.306 e. The highest BCUT2D eigenvalue weighted by Gasteiger charge is 2.11. The van der Waals surface area contributed by atoms with Gasteiger partial charge < -0.3 is 10.5 Å². The lowest BCUT2D eigenvalue weighted by Gasteiger charge is -2.02. The van der Waals surface area contributed by atoms with Crippen molar-refractivity contribution >= 4 is 23.4 Å². The third kappa shape index (κ3) is 2.89. The molecule has 0 aromatic carbocycles. The molecule has 15 heavy (non-hydrogen) atoms. The number of esters is 1. The Kier molecular flexibility index (Phi) is 4.02. The number of methoxy groups -OCH3 is 1. The summed E-state index contributed by atoms with van der Waals surface area (Å²) in [7, 11) is 3.22. The van der Waals surface area contributed by atoms with Crippen molar-refractivity contribution in [3.05, 3.63) is 5.69 Å². The van der Waals surface area contributed by atoms with E-state index in [1.54, 1.807) is 4.68 Å². The highest BCUT2D eigenvalue weighted by atomic mass is 32.2. The molecule has 0 atom stereocenters. The highest BCUT2D eigenvalue weighted by Crippen LogP contribution is 2.27. The zero-order chi connectivity index (χ0) is 11.4. The fourth-order valence-electron chi connectivity index (χ4n) is 1.16. The molecule has 1 rings (SSSR count). The van der Waals surface area contributed by atoms with Crippen molar-refractivity contribution in [1.82, 2.24) is 9.78 Å². The number of nitrogens with two attached hydrogens (primary N) is 1. The molecule has 1 aromatic rings. The summed E-state index contributed by atoms with van der Waals surface area (Å²) in [5.41, 5.74) is 7.34. The second kappa shape index (κ2) is 5.06. The van der Waals surface area contributed by atoms with Crippen LogP contribution in [0.15, 0.2) is 5.03 Å². The molecule has 0 amide bonds. The quantitative estimate of drug-likeness (QED) is 0.615. The van der Waals surface area contributed by atoms with E-state index >= 15 is 0 Å². The molecule has 0 aliphatic carbocycles. The average Bonchev–Trinajstić information content (AvgIpc) is 2.44. The van der Waals surface area contributed by atoms with E-state index in [4.69, 9.17) is 5.73 Å². The number of carbonyl (C=O) groups is 1. The zero-order valence-electron chi connectivity index (χ0n) is 9.11. The number of hydrogen-bond donors (Lipinski definition) is 1. The fraction of sp³-hybridized carbons (Fsp3) is 0.556. The second-order valence-corrected chi connectivity index (χ2v) is 4.19. The summed E-state index contributed by atoms with van der Waals surface area (Å²) in [5, 5.41) is 5.08. The molecule has 84 valence electrons. The second-order valence-electron chi connectivity index (χ2n) is 3.10. The van der Waals surface area contributed by atoms with Gasteiger partial charge in [0, 0.05) is 12.8 Å². The van der Waals surface area contributed by atoms with E-state index < -0.39 is 0 Å². The molecule has 0 aliphatic rings. The predicted molar refractivity (Wildman–Crippen MR) is 59.7 cm³/mol. The Hall–Kier alpha value is -1.17. The van der Waals surface area contributed by atoms with Crippen molar-refractivity contribution in [3.8, 4) is 0 Å². The monoisotopic (exact) mass is 229 g/mol. The molecular formula is C9H15N3O2S. The third-order valence-corrected chi connectivity index (χ3v) is 3.15. The van der Waals surface area contributed by atoms with Gasteiger partial charge in [0.2, 0.25) is 0 Å². The van der Waals surface area contributed by atoms with Gasteiger partial charge in [0.15, 0.2) is 0 Å². The number of hydrogen-bond acceptors (Lipinski definition) is 5. The van der Waals surface area contributed by atoms with Crippen molar-refractivity contribution in [3.63, 3.8) is 0 Å². The van der Waals surface area contributed by atoms with E-state index in [-0.39, 0.29) is 5.97 Å². The van der Waals surface area contributed by atoms with E-state index in [9.17, 15) is 4.79 Å². The first kappa shape index (κ1) is 11.9. The van der Waals surface area contributed by atoms with E-state index in [1.807, 2.05) is 14.0 Å². The van der Waals surface area contributed by atoms with Crippen LogP contribution in [0.3, 0.4) is 0 Å². The summed E-state index contributed by atoms with van der Waals surface area (Å²) >= 11 is 1.51. The normalized spacial score (nSPS) is 10.3. The number of carbonyl (C=O) groups excluding carboxylic acids is 1. The van der Waals surface area contributed by atoms with E-state index in [1.165, 1.54) is 18.9 Å². The van der Waals surface area contributed by atoms with Crippen LogP contribution in [-0.4, -0.2) is 28.6 Å². The Morgan fingerprint density at radius 1 is 1.67 bits per heavy atom. The number of nitrogens with zero attached hydrogens (tertiary/aromatic N) is 2. The number of aryl methyl sites for hydroxylation is 2. The van der Waals surface area contributed by atoms with Crippen LogP contribution in [0.2, 0.25) is 0 Å².